The summed E-state index contributed by atoms with van der Waals surface area (Å²) in [6.07, 6.45) is 9.14. The van der Waals surface area contributed by atoms with E-state index in [1.807, 2.05) is 6.92 Å². The van der Waals surface area contributed by atoms with Crippen LogP contribution in [0.1, 0.15) is 68.6 Å². The number of anilines is 1. The fourth-order valence-corrected chi connectivity index (χ4v) is 6.38. The third-order valence-corrected chi connectivity index (χ3v) is 6.97. The number of carbonyl (C=O) groups excluding carboxylic acids is 2. The highest BCUT2D eigenvalue weighted by Gasteiger charge is 2.51. The number of ether oxygens (including phenoxy) is 1. The van der Waals surface area contributed by atoms with Crippen LogP contribution in [0.25, 0.3) is 0 Å². The first-order valence-electron chi connectivity index (χ1n) is 10.8. The molecule has 4 fully saturated rings. The minimum atomic E-state index is -0.329. The topological polar surface area (TPSA) is 67.4 Å². The van der Waals surface area contributed by atoms with Gasteiger partial charge in [-0.1, -0.05) is 6.92 Å². The zero-order chi connectivity index (χ0) is 20.4. The second-order valence-electron chi connectivity index (χ2n) is 9.31. The van der Waals surface area contributed by atoms with Crippen molar-refractivity contribution in [3.8, 4) is 0 Å². The van der Waals surface area contributed by atoms with Crippen LogP contribution in [0.15, 0.2) is 24.3 Å². The number of hydrogen-bond donors (Lipinski definition) is 2. The fourth-order valence-electron chi connectivity index (χ4n) is 6.15. The van der Waals surface area contributed by atoms with Gasteiger partial charge in [-0.2, -0.15) is 0 Å². The van der Waals surface area contributed by atoms with Gasteiger partial charge >= 0.3 is 5.97 Å². The van der Waals surface area contributed by atoms with Crippen LogP contribution < -0.4 is 10.6 Å². The molecule has 0 unspecified atom stereocenters. The van der Waals surface area contributed by atoms with E-state index in [4.69, 9.17) is 17.0 Å². The lowest BCUT2D eigenvalue weighted by atomic mass is 9.49. The second-order valence-corrected chi connectivity index (χ2v) is 9.72. The zero-order valence-electron chi connectivity index (χ0n) is 17.0. The molecule has 29 heavy (non-hydrogen) atoms. The second kappa shape index (κ2) is 8.42. The average molecular weight is 415 g/mol. The van der Waals surface area contributed by atoms with Gasteiger partial charge in [-0.3, -0.25) is 4.79 Å². The summed E-state index contributed by atoms with van der Waals surface area (Å²) in [6.45, 7) is 2.37. The number of esters is 1. The van der Waals surface area contributed by atoms with Crippen molar-refractivity contribution >= 4 is 34.9 Å². The van der Waals surface area contributed by atoms with Gasteiger partial charge in [0, 0.05) is 12.1 Å². The zero-order valence-corrected chi connectivity index (χ0v) is 17.9. The highest BCUT2D eigenvalue weighted by molar-refractivity contribution is 7.80. The smallest absolute Gasteiger partial charge is 0.338 e. The molecule has 6 heteroatoms. The van der Waals surface area contributed by atoms with E-state index in [-0.39, 0.29) is 17.3 Å². The quantitative estimate of drug-likeness (QED) is 0.523. The molecule has 4 aliphatic carbocycles. The SMILES string of the molecule is CCCOC(=O)c1ccc(NC(=S)NC(=O)CC23CC4CC(CC(C4)C2)C3)cc1. The predicted molar refractivity (Wildman–Crippen MR) is 117 cm³/mol. The van der Waals surface area contributed by atoms with E-state index < -0.39 is 0 Å². The van der Waals surface area contributed by atoms with Crippen LogP contribution in [0.2, 0.25) is 0 Å². The van der Waals surface area contributed by atoms with E-state index in [9.17, 15) is 9.59 Å². The van der Waals surface area contributed by atoms with Crippen LogP contribution in [-0.2, 0) is 9.53 Å². The lowest BCUT2D eigenvalue weighted by molar-refractivity contribution is -0.127. The first-order chi connectivity index (χ1) is 13.9. The fraction of sp³-hybridized carbons (Fsp3) is 0.609. The maximum atomic E-state index is 12.7. The third kappa shape index (κ3) is 4.80. The molecule has 1 amide bonds. The molecule has 0 aromatic heterocycles. The molecule has 4 aliphatic rings. The van der Waals surface area contributed by atoms with Crippen LogP contribution >= 0.6 is 12.2 Å². The van der Waals surface area contributed by atoms with Crippen LogP contribution in [0.4, 0.5) is 5.69 Å². The maximum absolute atomic E-state index is 12.7. The highest BCUT2D eigenvalue weighted by atomic mass is 32.1. The van der Waals surface area contributed by atoms with Gasteiger partial charge in [-0.15, -0.1) is 0 Å². The van der Waals surface area contributed by atoms with E-state index in [0.29, 0.717) is 23.7 Å². The summed E-state index contributed by atoms with van der Waals surface area (Å²) in [4.78, 5) is 24.5. The Morgan fingerprint density at radius 2 is 1.66 bits per heavy atom. The van der Waals surface area contributed by atoms with Crippen molar-refractivity contribution in [3.05, 3.63) is 29.8 Å². The molecule has 0 atom stereocenters. The molecule has 0 saturated heterocycles. The molecular weight excluding hydrogens is 384 g/mol. The number of nitrogens with one attached hydrogen (secondary N) is 2. The van der Waals surface area contributed by atoms with Gasteiger partial charge in [-0.25, -0.2) is 4.79 Å². The Labute approximate surface area is 178 Å². The number of rotatable bonds is 6. The van der Waals surface area contributed by atoms with Gasteiger partial charge in [0.25, 0.3) is 0 Å². The molecule has 156 valence electrons. The maximum Gasteiger partial charge on any atom is 0.338 e. The summed E-state index contributed by atoms with van der Waals surface area (Å²) < 4.78 is 5.12. The number of thiocarbonyl (C=S) groups is 1. The summed E-state index contributed by atoms with van der Waals surface area (Å²) in [5, 5.41) is 6.20. The summed E-state index contributed by atoms with van der Waals surface area (Å²) in [6, 6.07) is 6.92. The molecule has 4 saturated carbocycles. The minimum Gasteiger partial charge on any atom is -0.462 e. The lowest BCUT2D eigenvalue weighted by Crippen LogP contribution is -2.48. The van der Waals surface area contributed by atoms with E-state index in [0.717, 1.165) is 29.9 Å². The first-order valence-corrected chi connectivity index (χ1v) is 11.2. The van der Waals surface area contributed by atoms with Gasteiger partial charge in [0.05, 0.1) is 12.2 Å². The van der Waals surface area contributed by atoms with Crippen molar-refractivity contribution in [3.63, 3.8) is 0 Å². The molecular formula is C23H30N2O3S. The van der Waals surface area contributed by atoms with Gasteiger partial charge in [-0.05, 0) is 105 Å². The van der Waals surface area contributed by atoms with Gasteiger partial charge in [0.15, 0.2) is 5.11 Å². The Morgan fingerprint density at radius 1 is 1.07 bits per heavy atom. The predicted octanol–water partition coefficient (Wildman–Crippen LogP) is 4.67. The Balaban J connectivity index is 1.27. The van der Waals surface area contributed by atoms with Crippen LogP contribution in [0.3, 0.4) is 0 Å². The lowest BCUT2D eigenvalue weighted by Gasteiger charge is -2.56. The monoisotopic (exact) mass is 414 g/mol. The first kappa shape index (κ1) is 20.3. The van der Waals surface area contributed by atoms with Gasteiger partial charge in [0.2, 0.25) is 5.91 Å². The van der Waals surface area contributed by atoms with Gasteiger partial charge in [0.1, 0.15) is 0 Å². The van der Waals surface area contributed by atoms with Crippen molar-refractivity contribution in [1.82, 2.24) is 5.32 Å². The van der Waals surface area contributed by atoms with Crippen LogP contribution in [0, 0.1) is 23.2 Å². The Bertz CT molecular complexity index is 755. The number of benzene rings is 1. The van der Waals surface area contributed by atoms with Crippen molar-refractivity contribution < 1.29 is 14.3 Å². The van der Waals surface area contributed by atoms with Crippen molar-refractivity contribution in [1.29, 1.82) is 0 Å². The molecule has 2 N–H and O–H groups in total. The van der Waals surface area contributed by atoms with Gasteiger partial charge < -0.3 is 15.4 Å². The third-order valence-electron chi connectivity index (χ3n) is 6.77. The molecule has 0 heterocycles. The molecule has 4 bridgehead atoms. The van der Waals surface area contributed by atoms with E-state index in [2.05, 4.69) is 10.6 Å². The minimum absolute atomic E-state index is 0.0178. The van der Waals surface area contributed by atoms with Crippen molar-refractivity contribution in [2.75, 3.05) is 11.9 Å². The Hall–Kier alpha value is -1.95. The van der Waals surface area contributed by atoms with E-state index >= 15 is 0 Å². The summed E-state index contributed by atoms with van der Waals surface area (Å²) in [7, 11) is 0. The van der Waals surface area contributed by atoms with Crippen molar-refractivity contribution in [2.45, 2.75) is 58.3 Å². The highest BCUT2D eigenvalue weighted by Crippen LogP contribution is 2.61. The molecule has 5 rings (SSSR count). The van der Waals surface area contributed by atoms with E-state index in [1.54, 1.807) is 24.3 Å². The molecule has 0 radical (unpaired) electrons. The largest absolute Gasteiger partial charge is 0.462 e. The van der Waals surface area contributed by atoms with Crippen LogP contribution in [-0.4, -0.2) is 23.6 Å². The van der Waals surface area contributed by atoms with Crippen LogP contribution in [0.5, 0.6) is 0 Å². The van der Waals surface area contributed by atoms with Crippen molar-refractivity contribution in [2.24, 2.45) is 23.2 Å². The Morgan fingerprint density at radius 3 is 2.21 bits per heavy atom. The standard InChI is InChI=1S/C23H30N2O3S/c1-2-7-28-21(27)18-3-5-19(6-4-18)24-22(29)25-20(26)14-23-11-15-8-16(12-23)10-17(9-15)13-23/h3-6,15-17H,2,7-14H2,1H3,(H2,24,25,26,29). The summed E-state index contributed by atoms with van der Waals surface area (Å²) in [5.74, 6) is 2.19. The summed E-state index contributed by atoms with van der Waals surface area (Å²) >= 11 is 5.33. The molecule has 1 aromatic carbocycles. The molecule has 0 spiro atoms. The summed E-state index contributed by atoms with van der Waals surface area (Å²) in [5.41, 5.74) is 1.44. The number of amides is 1. The molecule has 1 aromatic rings. The molecule has 0 aliphatic heterocycles. The normalized spacial score (nSPS) is 29.3. The van der Waals surface area contributed by atoms with E-state index in [1.165, 1.54) is 38.5 Å². The number of carbonyl (C=O) groups is 2. The molecule has 5 nitrogen and oxygen atoms in total. The number of hydrogen-bond acceptors (Lipinski definition) is 4. The Kier molecular flexibility index (Phi) is 5.91. The average Bonchev–Trinajstić information content (AvgIpc) is 2.64.